The van der Waals surface area contributed by atoms with Gasteiger partial charge in [-0.15, -0.1) is 8.46 Å². The molecule has 0 fully saturated rings. The topological polar surface area (TPSA) is 9.23 Å². The van der Waals surface area contributed by atoms with Crippen LogP contribution in [-0.4, -0.2) is 7.11 Å². The molecular weight excluding hydrogens is 356 g/mol. The molecule has 0 saturated heterocycles. The summed E-state index contributed by atoms with van der Waals surface area (Å²) < 4.78 is 5.41. The van der Waals surface area contributed by atoms with Gasteiger partial charge in [-0.05, 0) is 57.3 Å². The number of halogens is 1. The minimum absolute atomic E-state index is 0.876. The van der Waals surface area contributed by atoms with E-state index in [2.05, 4.69) is 75.5 Å². The van der Waals surface area contributed by atoms with Crippen LogP contribution in [0.1, 0.15) is 0 Å². The van der Waals surface area contributed by atoms with Gasteiger partial charge < -0.3 is 4.74 Å². The molecule has 22 heavy (non-hydrogen) atoms. The maximum atomic E-state index is 5.41. The second-order valence-corrected chi connectivity index (χ2v) is 10.2. The molecule has 112 valence electrons. The van der Waals surface area contributed by atoms with E-state index in [4.69, 9.17) is 4.74 Å². The molecule has 0 aromatic heterocycles. The number of hydrogen-bond donors (Lipinski definition) is 0. The molecule has 0 heterocycles. The zero-order valence-corrected chi connectivity index (χ0v) is 14.7. The molecule has 0 aliphatic rings. The lowest BCUT2D eigenvalue weighted by molar-refractivity contribution is 0.413. The van der Waals surface area contributed by atoms with E-state index in [-0.39, 0.29) is 0 Å². The number of ether oxygens (including phenoxy) is 1. The fourth-order valence-corrected chi connectivity index (χ4v) is 6.72. The highest BCUT2D eigenvalue weighted by molar-refractivity contribution is 9.58. The van der Waals surface area contributed by atoms with Crippen LogP contribution in [0.25, 0.3) is 0 Å². The first-order chi connectivity index (χ1) is 10.7. The summed E-state index contributed by atoms with van der Waals surface area (Å²) in [6, 6.07) is 29.4. The fraction of sp³-hybridized carbons (Fsp3) is 0.0526. The second kappa shape index (κ2) is 6.59. The van der Waals surface area contributed by atoms with Gasteiger partial charge in [0, 0.05) is 14.7 Å². The summed E-state index contributed by atoms with van der Waals surface area (Å²) in [5, 5.41) is 0. The van der Waals surface area contributed by atoms with Crippen molar-refractivity contribution in [1.29, 1.82) is 0 Å². The molecule has 0 radical (unpaired) electrons. The molecular formula is C19H17BrOS. The van der Waals surface area contributed by atoms with Gasteiger partial charge in [0.25, 0.3) is 0 Å². The predicted molar refractivity (Wildman–Crippen MR) is 97.2 cm³/mol. The lowest BCUT2D eigenvalue weighted by atomic mass is 10.3. The summed E-state index contributed by atoms with van der Waals surface area (Å²) in [4.78, 5) is 3.77. The SMILES string of the molecule is COc1cccc(S(Br)(c2ccccc2)c2ccccc2)c1. The standard InChI is InChI=1S/C19H17BrOS/c1-21-16-9-8-14-19(15-16)22(20,17-10-4-2-5-11-17)18-12-6-3-7-13-18/h2-15H,1H3. The largest absolute Gasteiger partial charge is 0.497 e. The Balaban J connectivity index is 2.23. The average molecular weight is 373 g/mol. The van der Waals surface area contributed by atoms with Crippen molar-refractivity contribution in [3.05, 3.63) is 84.9 Å². The Morgan fingerprint density at radius 3 is 1.68 bits per heavy atom. The smallest absolute Gasteiger partial charge is 0.119 e. The van der Waals surface area contributed by atoms with Gasteiger partial charge in [-0.25, -0.2) is 0 Å². The number of methoxy groups -OCH3 is 1. The predicted octanol–water partition coefficient (Wildman–Crippen LogP) is 6.29. The molecule has 0 atom stereocenters. The van der Waals surface area contributed by atoms with E-state index in [0.717, 1.165) is 5.75 Å². The molecule has 3 aromatic carbocycles. The van der Waals surface area contributed by atoms with Crippen LogP contribution in [0.4, 0.5) is 0 Å². The van der Waals surface area contributed by atoms with Crippen molar-refractivity contribution >= 4 is 23.3 Å². The average Bonchev–Trinajstić information content (AvgIpc) is 2.62. The van der Waals surface area contributed by atoms with Crippen molar-refractivity contribution < 1.29 is 4.74 Å². The van der Waals surface area contributed by atoms with Crippen LogP contribution in [0.5, 0.6) is 5.75 Å². The normalized spacial score (nSPS) is 11.9. The van der Waals surface area contributed by atoms with Crippen LogP contribution in [-0.2, 0) is 0 Å². The third-order valence-electron chi connectivity index (χ3n) is 3.50. The Morgan fingerprint density at radius 1 is 0.682 bits per heavy atom. The van der Waals surface area contributed by atoms with Gasteiger partial charge in [0.1, 0.15) is 5.75 Å². The van der Waals surface area contributed by atoms with Gasteiger partial charge in [-0.1, -0.05) is 42.5 Å². The van der Waals surface area contributed by atoms with Gasteiger partial charge in [-0.3, -0.25) is 0 Å². The first-order valence-corrected chi connectivity index (χ1v) is 10.5. The molecule has 0 aliphatic heterocycles. The van der Waals surface area contributed by atoms with E-state index >= 15 is 0 Å². The van der Waals surface area contributed by atoms with Crippen molar-refractivity contribution in [2.24, 2.45) is 0 Å². The maximum Gasteiger partial charge on any atom is 0.119 e. The van der Waals surface area contributed by atoms with E-state index in [1.165, 1.54) is 14.7 Å². The Morgan fingerprint density at radius 2 is 1.18 bits per heavy atom. The molecule has 0 bridgehead atoms. The van der Waals surface area contributed by atoms with Crippen LogP contribution in [0, 0.1) is 0 Å². The van der Waals surface area contributed by atoms with Gasteiger partial charge in [-0.2, -0.15) is 0 Å². The van der Waals surface area contributed by atoms with Crippen molar-refractivity contribution in [1.82, 2.24) is 0 Å². The van der Waals surface area contributed by atoms with Crippen LogP contribution in [0.3, 0.4) is 0 Å². The molecule has 0 N–H and O–H groups in total. The monoisotopic (exact) mass is 372 g/mol. The molecule has 0 unspecified atom stereocenters. The van der Waals surface area contributed by atoms with Gasteiger partial charge >= 0.3 is 0 Å². The number of benzene rings is 3. The van der Waals surface area contributed by atoms with Crippen LogP contribution >= 0.6 is 23.3 Å². The van der Waals surface area contributed by atoms with Gasteiger partial charge in [0.05, 0.1) is 7.11 Å². The summed E-state index contributed by atoms with van der Waals surface area (Å²) in [6.07, 6.45) is 0. The summed E-state index contributed by atoms with van der Waals surface area (Å²) in [7, 11) is 0.229. The zero-order chi connectivity index (χ0) is 15.4. The number of rotatable bonds is 4. The molecule has 0 aliphatic carbocycles. The quantitative estimate of drug-likeness (QED) is 0.522. The van der Waals surface area contributed by atoms with Crippen molar-refractivity contribution in [2.45, 2.75) is 14.7 Å². The maximum absolute atomic E-state index is 5.41. The summed E-state index contributed by atoms with van der Waals surface area (Å²) in [5.41, 5.74) is 0. The Kier molecular flexibility index (Phi) is 4.55. The summed E-state index contributed by atoms with van der Waals surface area (Å²) in [5.74, 6) is 0.876. The van der Waals surface area contributed by atoms with E-state index in [9.17, 15) is 0 Å². The molecule has 3 rings (SSSR count). The molecule has 3 heteroatoms. The Bertz CT molecular complexity index is 704. The van der Waals surface area contributed by atoms with E-state index < -0.39 is 8.46 Å². The molecule has 0 saturated carbocycles. The first kappa shape index (κ1) is 15.2. The van der Waals surface area contributed by atoms with Crippen LogP contribution in [0.15, 0.2) is 99.6 Å². The first-order valence-electron chi connectivity index (χ1n) is 7.02. The van der Waals surface area contributed by atoms with E-state index in [0.29, 0.717) is 0 Å². The molecule has 1 nitrogen and oxygen atoms in total. The number of hydrogen-bond acceptors (Lipinski definition) is 1. The lowest BCUT2D eigenvalue weighted by Crippen LogP contribution is -1.96. The Labute approximate surface area is 140 Å². The summed E-state index contributed by atoms with van der Waals surface area (Å²) in [6.45, 7) is 0. The molecule has 3 aromatic rings. The van der Waals surface area contributed by atoms with Gasteiger partial charge in [0.2, 0.25) is 0 Å². The van der Waals surface area contributed by atoms with Crippen molar-refractivity contribution in [3.63, 3.8) is 0 Å². The van der Waals surface area contributed by atoms with Crippen LogP contribution < -0.4 is 4.74 Å². The van der Waals surface area contributed by atoms with Crippen molar-refractivity contribution in [3.8, 4) is 5.75 Å². The Hall–Kier alpha value is -1.71. The minimum atomic E-state index is -1.48. The van der Waals surface area contributed by atoms with E-state index in [1.54, 1.807) is 7.11 Å². The molecule has 0 spiro atoms. The van der Waals surface area contributed by atoms with Crippen LogP contribution in [0.2, 0.25) is 0 Å². The fourth-order valence-electron chi connectivity index (χ4n) is 2.40. The third-order valence-corrected chi connectivity index (χ3v) is 9.61. The van der Waals surface area contributed by atoms with E-state index in [1.807, 2.05) is 24.3 Å². The third kappa shape index (κ3) is 2.79. The van der Waals surface area contributed by atoms with Gasteiger partial charge in [0.15, 0.2) is 0 Å². The lowest BCUT2D eigenvalue weighted by Gasteiger charge is -2.35. The highest BCUT2D eigenvalue weighted by atomic mass is 79.9. The van der Waals surface area contributed by atoms with Crippen molar-refractivity contribution in [2.75, 3.05) is 7.11 Å². The second-order valence-electron chi connectivity index (χ2n) is 4.84. The highest BCUT2D eigenvalue weighted by Crippen LogP contribution is 2.74. The molecule has 0 amide bonds. The minimum Gasteiger partial charge on any atom is -0.497 e. The summed E-state index contributed by atoms with van der Waals surface area (Å²) >= 11 is 4.10. The zero-order valence-electron chi connectivity index (χ0n) is 12.3. The highest BCUT2D eigenvalue weighted by Gasteiger charge is 2.28.